The lowest BCUT2D eigenvalue weighted by molar-refractivity contribution is -0.214. The van der Waals surface area contributed by atoms with Crippen molar-refractivity contribution in [1.82, 2.24) is 9.36 Å². The van der Waals surface area contributed by atoms with E-state index in [-0.39, 0.29) is 24.1 Å². The molecule has 1 N–H and O–H groups in total. The van der Waals surface area contributed by atoms with Crippen molar-refractivity contribution < 1.29 is 18.0 Å². The Balaban J connectivity index is 1.78. The highest BCUT2D eigenvalue weighted by atomic mass is 32.1. The van der Waals surface area contributed by atoms with E-state index >= 15 is 0 Å². The first-order valence-electron chi connectivity index (χ1n) is 7.10. The molecule has 0 aliphatic heterocycles. The zero-order valence-electron chi connectivity index (χ0n) is 12.3. The summed E-state index contributed by atoms with van der Waals surface area (Å²) in [4.78, 5) is 16.0. The Morgan fingerprint density at radius 3 is 2.52 bits per heavy atom. The van der Waals surface area contributed by atoms with Gasteiger partial charge in [0.05, 0.1) is 17.0 Å². The number of carbonyl (C=O) groups excluding carboxylic acids is 1. The second-order valence-corrected chi connectivity index (χ2v) is 6.46. The van der Waals surface area contributed by atoms with Crippen LogP contribution < -0.4 is 5.32 Å². The minimum absolute atomic E-state index is 0.0126. The van der Waals surface area contributed by atoms with Gasteiger partial charge in [0.2, 0.25) is 0 Å². The van der Waals surface area contributed by atoms with E-state index in [9.17, 15) is 18.0 Å². The molecule has 2 heterocycles. The van der Waals surface area contributed by atoms with Crippen LogP contribution in [0.2, 0.25) is 0 Å². The van der Waals surface area contributed by atoms with E-state index in [1.807, 2.05) is 0 Å². The molecule has 0 spiro atoms. The number of anilines is 1. The molecule has 0 unspecified atom stereocenters. The van der Waals surface area contributed by atoms with Gasteiger partial charge in [-0.15, -0.1) is 0 Å². The van der Waals surface area contributed by atoms with Crippen LogP contribution in [-0.4, -0.2) is 21.4 Å². The normalized spacial score (nSPS) is 16.7. The quantitative estimate of drug-likeness (QED) is 0.915. The molecule has 0 radical (unpaired) electrons. The van der Waals surface area contributed by atoms with Crippen molar-refractivity contribution in [2.24, 2.45) is 0 Å². The van der Waals surface area contributed by atoms with Crippen molar-refractivity contribution in [2.45, 2.75) is 37.8 Å². The number of alkyl halides is 3. The van der Waals surface area contributed by atoms with E-state index in [2.05, 4.69) is 14.7 Å². The van der Waals surface area contributed by atoms with Gasteiger partial charge in [0.15, 0.2) is 0 Å². The molecule has 2 aromatic heterocycles. The number of aromatic nitrogens is 2. The second-order valence-electron chi connectivity index (χ2n) is 5.65. The first-order chi connectivity index (χ1) is 10.8. The fourth-order valence-corrected chi connectivity index (χ4v) is 3.29. The van der Waals surface area contributed by atoms with Gasteiger partial charge in [0, 0.05) is 6.20 Å². The lowest BCUT2D eigenvalue weighted by atomic mass is 9.66. The monoisotopic (exact) mass is 341 g/mol. The fourth-order valence-electron chi connectivity index (χ4n) is 2.63. The van der Waals surface area contributed by atoms with E-state index in [1.54, 1.807) is 13.0 Å². The molecular weight excluding hydrogens is 327 g/mol. The first kappa shape index (κ1) is 15.9. The van der Waals surface area contributed by atoms with Crippen LogP contribution in [0.4, 0.5) is 18.2 Å². The molecule has 2 aromatic rings. The first-order valence-corrected chi connectivity index (χ1v) is 7.87. The molecule has 8 heteroatoms. The van der Waals surface area contributed by atoms with Crippen molar-refractivity contribution in [3.8, 4) is 0 Å². The molecule has 0 saturated heterocycles. The lowest BCUT2D eigenvalue weighted by Gasteiger charge is -2.42. The van der Waals surface area contributed by atoms with Gasteiger partial charge in [-0.1, -0.05) is 6.42 Å². The number of carbonyl (C=O) groups is 1. The number of amides is 1. The number of hydrogen-bond donors (Lipinski definition) is 1. The number of nitrogens with zero attached hydrogens (tertiary/aromatic N) is 2. The molecule has 1 saturated carbocycles. The Morgan fingerprint density at radius 2 is 2.09 bits per heavy atom. The number of aryl methyl sites for hydroxylation is 1. The molecule has 1 aliphatic carbocycles. The third-order valence-corrected chi connectivity index (χ3v) is 4.93. The Hall–Kier alpha value is -1.96. The number of pyridine rings is 1. The van der Waals surface area contributed by atoms with Gasteiger partial charge in [-0.25, -0.2) is 0 Å². The number of hydrogen-bond acceptors (Lipinski definition) is 4. The smallest absolute Gasteiger partial charge is 0.312 e. The van der Waals surface area contributed by atoms with Crippen LogP contribution >= 0.6 is 11.5 Å². The predicted molar refractivity (Wildman–Crippen MR) is 80.6 cm³/mol. The summed E-state index contributed by atoms with van der Waals surface area (Å²) in [5.41, 5.74) is -0.856. The minimum atomic E-state index is -4.32. The summed E-state index contributed by atoms with van der Waals surface area (Å²) in [6, 6.07) is 4.41. The molecular formula is C15H14F3N3OS. The molecule has 3 rings (SSSR count). The molecule has 0 atom stereocenters. The van der Waals surface area contributed by atoms with E-state index in [4.69, 9.17) is 0 Å². The van der Waals surface area contributed by atoms with Gasteiger partial charge in [-0.3, -0.25) is 9.78 Å². The Morgan fingerprint density at radius 1 is 1.35 bits per heavy atom. The van der Waals surface area contributed by atoms with Gasteiger partial charge in [-0.05, 0) is 49.5 Å². The summed E-state index contributed by atoms with van der Waals surface area (Å²) in [7, 11) is 0. The van der Waals surface area contributed by atoms with Crippen molar-refractivity contribution in [2.75, 3.05) is 5.32 Å². The van der Waals surface area contributed by atoms with Crippen molar-refractivity contribution >= 4 is 22.4 Å². The third-order valence-electron chi connectivity index (χ3n) is 4.13. The van der Waals surface area contributed by atoms with Crippen molar-refractivity contribution in [3.05, 3.63) is 41.3 Å². The maximum absolute atomic E-state index is 13.3. The predicted octanol–water partition coefficient (Wildman–Crippen LogP) is 4.08. The summed E-state index contributed by atoms with van der Waals surface area (Å²) in [6.07, 6.45) is -2.48. The number of halogens is 3. The number of rotatable bonds is 3. The maximum atomic E-state index is 13.3. The lowest BCUT2D eigenvalue weighted by Crippen LogP contribution is -2.48. The SMILES string of the molecule is Cc1cc(NC(=O)c2ccc(C3(C(F)(F)F)CCC3)nc2)sn1. The zero-order valence-corrected chi connectivity index (χ0v) is 13.1. The van der Waals surface area contributed by atoms with Crippen LogP contribution in [0.25, 0.3) is 0 Å². The average molecular weight is 341 g/mol. The van der Waals surface area contributed by atoms with Crippen molar-refractivity contribution in [1.29, 1.82) is 0 Å². The highest BCUT2D eigenvalue weighted by Gasteiger charge is 2.60. The molecule has 23 heavy (non-hydrogen) atoms. The fraction of sp³-hybridized carbons (Fsp3) is 0.400. The molecule has 122 valence electrons. The van der Waals surface area contributed by atoms with E-state index < -0.39 is 17.5 Å². The Labute approximate surface area is 134 Å². The van der Waals surface area contributed by atoms with Crippen LogP contribution in [0.1, 0.15) is 41.0 Å². The highest BCUT2D eigenvalue weighted by Crippen LogP contribution is 2.53. The van der Waals surface area contributed by atoms with E-state index in [0.717, 1.165) is 17.2 Å². The van der Waals surface area contributed by atoms with Gasteiger partial charge >= 0.3 is 6.18 Å². The van der Waals surface area contributed by atoms with Crippen LogP contribution in [0.15, 0.2) is 24.4 Å². The highest BCUT2D eigenvalue weighted by molar-refractivity contribution is 7.10. The maximum Gasteiger partial charge on any atom is 0.399 e. The summed E-state index contributed by atoms with van der Waals surface area (Å²) in [5, 5.41) is 3.24. The molecule has 4 nitrogen and oxygen atoms in total. The Bertz CT molecular complexity index is 720. The summed E-state index contributed by atoms with van der Waals surface area (Å²) < 4.78 is 43.8. The van der Waals surface area contributed by atoms with E-state index in [0.29, 0.717) is 11.4 Å². The van der Waals surface area contributed by atoms with Gasteiger partial charge in [0.25, 0.3) is 5.91 Å². The Kier molecular flexibility index (Phi) is 3.87. The zero-order chi connectivity index (χ0) is 16.7. The average Bonchev–Trinajstić information content (AvgIpc) is 2.82. The summed E-state index contributed by atoms with van der Waals surface area (Å²) >= 11 is 1.14. The topological polar surface area (TPSA) is 54.9 Å². The molecule has 1 amide bonds. The van der Waals surface area contributed by atoms with E-state index in [1.165, 1.54) is 18.3 Å². The van der Waals surface area contributed by atoms with Crippen LogP contribution in [0.3, 0.4) is 0 Å². The molecule has 0 aromatic carbocycles. The van der Waals surface area contributed by atoms with Gasteiger partial charge < -0.3 is 5.32 Å². The molecule has 1 aliphatic rings. The molecule has 1 fully saturated rings. The third kappa shape index (κ3) is 2.83. The number of nitrogens with one attached hydrogen (secondary N) is 1. The van der Waals surface area contributed by atoms with Crippen molar-refractivity contribution in [3.63, 3.8) is 0 Å². The summed E-state index contributed by atoms with van der Waals surface area (Å²) in [6.45, 7) is 1.80. The standard InChI is InChI=1S/C15H14F3N3OS/c1-9-7-12(23-21-9)20-13(22)10-3-4-11(19-8-10)14(5-2-6-14)15(16,17)18/h3-4,7-8H,2,5-6H2,1H3,(H,20,22). The van der Waals surface area contributed by atoms with Crippen LogP contribution in [0, 0.1) is 6.92 Å². The van der Waals surface area contributed by atoms with Crippen LogP contribution in [0.5, 0.6) is 0 Å². The summed E-state index contributed by atoms with van der Waals surface area (Å²) in [5.74, 6) is -0.414. The van der Waals surface area contributed by atoms with Gasteiger partial charge in [0.1, 0.15) is 10.4 Å². The van der Waals surface area contributed by atoms with Crippen LogP contribution in [-0.2, 0) is 5.41 Å². The minimum Gasteiger partial charge on any atom is -0.312 e. The van der Waals surface area contributed by atoms with Gasteiger partial charge in [-0.2, -0.15) is 17.5 Å². The second kappa shape index (κ2) is 5.59. The largest absolute Gasteiger partial charge is 0.399 e. The molecule has 0 bridgehead atoms.